The predicted molar refractivity (Wildman–Crippen MR) is 72.4 cm³/mol. The van der Waals surface area contributed by atoms with Crippen LogP contribution in [0.5, 0.6) is 0 Å². The zero-order chi connectivity index (χ0) is 14.8. The highest BCUT2D eigenvalue weighted by molar-refractivity contribution is 5.94. The third kappa shape index (κ3) is 2.69. The summed E-state index contributed by atoms with van der Waals surface area (Å²) in [4.78, 5) is 11.3. The van der Waals surface area contributed by atoms with Gasteiger partial charge in [0.2, 0.25) is 0 Å². The first kappa shape index (κ1) is 13.1. The quantitative estimate of drug-likeness (QED) is 0.800. The number of hydrogen-bond donors (Lipinski definition) is 1. The molecule has 0 aliphatic rings. The molecule has 0 unspecified atom stereocenters. The van der Waals surface area contributed by atoms with E-state index in [0.717, 1.165) is 0 Å². The van der Waals surface area contributed by atoms with Gasteiger partial charge in [0.05, 0.1) is 19.1 Å². The van der Waals surface area contributed by atoms with E-state index in [1.54, 1.807) is 18.2 Å². The van der Waals surface area contributed by atoms with Crippen molar-refractivity contribution in [2.75, 3.05) is 0 Å². The van der Waals surface area contributed by atoms with Gasteiger partial charge >= 0.3 is 5.97 Å². The van der Waals surface area contributed by atoms with Crippen LogP contribution in [-0.4, -0.2) is 20.9 Å². The second-order valence-electron chi connectivity index (χ2n) is 4.54. The number of carboxylic acids is 1. The Balaban J connectivity index is 1.97. The summed E-state index contributed by atoms with van der Waals surface area (Å²) >= 11 is 0. The van der Waals surface area contributed by atoms with Crippen LogP contribution in [0.25, 0.3) is 11.3 Å². The number of rotatable bonds is 4. The molecule has 0 spiro atoms. The van der Waals surface area contributed by atoms with Crippen LogP contribution in [0.3, 0.4) is 0 Å². The molecule has 2 aromatic heterocycles. The van der Waals surface area contributed by atoms with Gasteiger partial charge < -0.3 is 9.52 Å². The molecule has 0 aliphatic carbocycles. The summed E-state index contributed by atoms with van der Waals surface area (Å²) in [6, 6.07) is 7.74. The summed E-state index contributed by atoms with van der Waals surface area (Å²) in [5.74, 6) is -1.41. The fraction of sp³-hybridized carbons (Fsp3) is 0.0667. The first-order chi connectivity index (χ1) is 10.1. The smallest absolute Gasteiger partial charge is 0.339 e. The number of halogens is 1. The van der Waals surface area contributed by atoms with E-state index in [9.17, 15) is 14.3 Å². The van der Waals surface area contributed by atoms with E-state index in [0.29, 0.717) is 16.8 Å². The van der Waals surface area contributed by atoms with E-state index >= 15 is 0 Å². The maximum absolute atomic E-state index is 13.2. The number of hydrogen-bond acceptors (Lipinski definition) is 3. The standard InChI is InChI=1S/C15H11FN2O3/c16-12-3-1-2-10(6-12)7-18-8-13(15(19)20)14(17-18)11-4-5-21-9-11/h1-6,8-9H,7H2,(H,19,20). The molecule has 0 amide bonds. The van der Waals surface area contributed by atoms with E-state index in [4.69, 9.17) is 4.42 Å². The van der Waals surface area contributed by atoms with E-state index in [2.05, 4.69) is 5.10 Å². The van der Waals surface area contributed by atoms with Crippen molar-refractivity contribution in [1.82, 2.24) is 9.78 Å². The lowest BCUT2D eigenvalue weighted by Gasteiger charge is -2.01. The number of furan rings is 1. The van der Waals surface area contributed by atoms with Gasteiger partial charge in [-0.05, 0) is 23.8 Å². The number of nitrogens with zero attached hydrogens (tertiary/aromatic N) is 2. The third-order valence-electron chi connectivity index (χ3n) is 3.02. The Labute approximate surface area is 119 Å². The molecule has 0 aliphatic heterocycles. The van der Waals surface area contributed by atoms with Crippen LogP contribution in [0.2, 0.25) is 0 Å². The third-order valence-corrected chi connectivity index (χ3v) is 3.02. The van der Waals surface area contributed by atoms with Crippen LogP contribution in [-0.2, 0) is 6.54 Å². The molecule has 0 saturated heterocycles. The van der Waals surface area contributed by atoms with E-state index in [-0.39, 0.29) is 17.9 Å². The number of carbonyl (C=O) groups is 1. The highest BCUT2D eigenvalue weighted by Gasteiger charge is 2.18. The minimum atomic E-state index is -1.07. The van der Waals surface area contributed by atoms with Crippen LogP contribution in [0, 0.1) is 5.82 Å². The second kappa shape index (κ2) is 5.24. The molecule has 0 bridgehead atoms. The van der Waals surface area contributed by atoms with Crippen LogP contribution in [0.4, 0.5) is 4.39 Å². The van der Waals surface area contributed by atoms with Crippen molar-refractivity contribution < 1.29 is 18.7 Å². The number of aromatic nitrogens is 2. The highest BCUT2D eigenvalue weighted by atomic mass is 19.1. The maximum atomic E-state index is 13.2. The first-order valence-corrected chi connectivity index (χ1v) is 6.21. The largest absolute Gasteiger partial charge is 0.478 e. The molecule has 6 heteroatoms. The number of benzene rings is 1. The normalized spacial score (nSPS) is 10.7. The first-order valence-electron chi connectivity index (χ1n) is 6.21. The lowest BCUT2D eigenvalue weighted by molar-refractivity contribution is 0.0697. The lowest BCUT2D eigenvalue weighted by atomic mass is 10.1. The summed E-state index contributed by atoms with van der Waals surface area (Å²) < 4.78 is 19.6. The van der Waals surface area contributed by atoms with Gasteiger partial charge in [0, 0.05) is 11.8 Å². The van der Waals surface area contributed by atoms with Crippen molar-refractivity contribution in [2.24, 2.45) is 0 Å². The molecule has 3 rings (SSSR count). The Bertz CT molecular complexity index is 778. The molecule has 1 N–H and O–H groups in total. The van der Waals surface area contributed by atoms with E-state index in [1.807, 2.05) is 0 Å². The Morgan fingerprint density at radius 1 is 1.38 bits per heavy atom. The molecule has 0 radical (unpaired) electrons. The average molecular weight is 286 g/mol. The summed E-state index contributed by atoms with van der Waals surface area (Å²) in [5, 5.41) is 13.5. The molecule has 2 heterocycles. The number of carboxylic acid groups (broad SMARTS) is 1. The Morgan fingerprint density at radius 3 is 2.90 bits per heavy atom. The van der Waals surface area contributed by atoms with Crippen LogP contribution >= 0.6 is 0 Å². The van der Waals surface area contributed by atoms with Crippen molar-refractivity contribution in [3.63, 3.8) is 0 Å². The average Bonchev–Trinajstić information content (AvgIpc) is 3.06. The Hall–Kier alpha value is -2.89. The topological polar surface area (TPSA) is 68.3 Å². The summed E-state index contributed by atoms with van der Waals surface area (Å²) in [7, 11) is 0. The van der Waals surface area contributed by atoms with Crippen molar-refractivity contribution in [1.29, 1.82) is 0 Å². The second-order valence-corrected chi connectivity index (χ2v) is 4.54. The molecule has 5 nitrogen and oxygen atoms in total. The van der Waals surface area contributed by atoms with Gasteiger partial charge in [0.25, 0.3) is 0 Å². The molecular formula is C15H11FN2O3. The zero-order valence-corrected chi connectivity index (χ0v) is 10.9. The van der Waals surface area contributed by atoms with Crippen molar-refractivity contribution in [2.45, 2.75) is 6.54 Å². The Morgan fingerprint density at radius 2 is 2.24 bits per heavy atom. The van der Waals surface area contributed by atoms with Gasteiger partial charge in [-0.3, -0.25) is 4.68 Å². The van der Waals surface area contributed by atoms with Gasteiger partial charge in [-0.25, -0.2) is 9.18 Å². The molecule has 0 saturated carbocycles. The van der Waals surface area contributed by atoms with Gasteiger partial charge in [-0.2, -0.15) is 5.10 Å². The van der Waals surface area contributed by atoms with E-state index < -0.39 is 5.97 Å². The summed E-state index contributed by atoms with van der Waals surface area (Å²) in [5.41, 5.74) is 1.69. The summed E-state index contributed by atoms with van der Waals surface area (Å²) in [6.45, 7) is 0.288. The minimum Gasteiger partial charge on any atom is -0.478 e. The highest BCUT2D eigenvalue weighted by Crippen LogP contribution is 2.23. The van der Waals surface area contributed by atoms with Crippen LogP contribution in [0.15, 0.2) is 53.5 Å². The van der Waals surface area contributed by atoms with Gasteiger partial charge in [0.1, 0.15) is 17.1 Å². The predicted octanol–water partition coefficient (Wildman–Crippen LogP) is 3.03. The molecule has 106 valence electrons. The molecule has 0 fully saturated rings. The zero-order valence-electron chi connectivity index (χ0n) is 10.9. The Kier molecular flexibility index (Phi) is 3.27. The lowest BCUT2D eigenvalue weighted by Crippen LogP contribution is -2.00. The minimum absolute atomic E-state index is 0.0767. The van der Waals surface area contributed by atoms with Crippen molar-refractivity contribution in [3.05, 3.63) is 66.0 Å². The monoisotopic (exact) mass is 286 g/mol. The molecule has 21 heavy (non-hydrogen) atoms. The van der Waals surface area contributed by atoms with E-state index in [1.165, 1.54) is 35.5 Å². The SMILES string of the molecule is O=C(O)c1cn(Cc2cccc(F)c2)nc1-c1ccoc1. The van der Waals surface area contributed by atoms with Crippen LogP contribution < -0.4 is 0 Å². The summed E-state index contributed by atoms with van der Waals surface area (Å²) in [6.07, 6.45) is 4.31. The van der Waals surface area contributed by atoms with Gasteiger partial charge in [0.15, 0.2) is 0 Å². The molecular weight excluding hydrogens is 275 g/mol. The van der Waals surface area contributed by atoms with Gasteiger partial charge in [-0.1, -0.05) is 12.1 Å². The fourth-order valence-corrected chi connectivity index (χ4v) is 2.09. The molecule has 0 atom stereocenters. The maximum Gasteiger partial charge on any atom is 0.339 e. The number of aromatic carboxylic acids is 1. The van der Waals surface area contributed by atoms with Crippen molar-refractivity contribution >= 4 is 5.97 Å². The van der Waals surface area contributed by atoms with Crippen LogP contribution in [0.1, 0.15) is 15.9 Å². The molecule has 1 aromatic carbocycles. The van der Waals surface area contributed by atoms with Gasteiger partial charge in [-0.15, -0.1) is 0 Å². The molecule has 3 aromatic rings. The fourth-order valence-electron chi connectivity index (χ4n) is 2.09. The van der Waals surface area contributed by atoms with Crippen molar-refractivity contribution in [3.8, 4) is 11.3 Å².